The van der Waals surface area contributed by atoms with Crippen molar-refractivity contribution in [3.05, 3.63) is 35.4 Å². The van der Waals surface area contributed by atoms with E-state index in [0.717, 1.165) is 18.7 Å². The number of hydrogen-bond donors (Lipinski definition) is 2. The summed E-state index contributed by atoms with van der Waals surface area (Å²) in [5.41, 5.74) is 2.04. The van der Waals surface area contributed by atoms with Crippen LogP contribution >= 0.6 is 12.4 Å². The lowest BCUT2D eigenvalue weighted by atomic mass is 9.89. The molecule has 1 heterocycles. The molecule has 0 unspecified atom stereocenters. The molecule has 1 fully saturated rings. The predicted molar refractivity (Wildman–Crippen MR) is 91.6 cm³/mol. The Balaban J connectivity index is 0.00000242. The summed E-state index contributed by atoms with van der Waals surface area (Å²) in [5.74, 6) is 0.632. The van der Waals surface area contributed by atoms with E-state index in [1.54, 1.807) is 0 Å². The van der Waals surface area contributed by atoms with E-state index in [4.69, 9.17) is 4.74 Å². The molecule has 5 heteroatoms. The van der Waals surface area contributed by atoms with E-state index in [1.807, 2.05) is 26.8 Å². The number of hydrogen-bond acceptors (Lipinski definition) is 3. The molecule has 0 bridgehead atoms. The molecule has 22 heavy (non-hydrogen) atoms. The van der Waals surface area contributed by atoms with Gasteiger partial charge in [0.1, 0.15) is 5.60 Å². The Kier molecular flexibility index (Phi) is 7.17. The van der Waals surface area contributed by atoms with Gasteiger partial charge in [0.2, 0.25) is 0 Å². The van der Waals surface area contributed by atoms with E-state index in [-0.39, 0.29) is 18.5 Å². The van der Waals surface area contributed by atoms with Gasteiger partial charge in [-0.05, 0) is 63.7 Å². The third-order valence-electron chi connectivity index (χ3n) is 3.60. The topological polar surface area (TPSA) is 50.4 Å². The number of carbonyl (C=O) groups is 1. The Morgan fingerprint density at radius 2 is 2.00 bits per heavy atom. The van der Waals surface area contributed by atoms with Crippen LogP contribution in [0.1, 0.15) is 50.7 Å². The number of amides is 1. The molecule has 124 valence electrons. The first-order chi connectivity index (χ1) is 9.94. The van der Waals surface area contributed by atoms with Crippen LogP contribution in [-0.4, -0.2) is 24.8 Å². The maximum absolute atomic E-state index is 11.7. The molecule has 4 nitrogen and oxygen atoms in total. The molecule has 1 aromatic rings. The number of rotatable bonds is 3. The first-order valence-corrected chi connectivity index (χ1v) is 7.70. The Bertz CT molecular complexity index is 480. The quantitative estimate of drug-likeness (QED) is 0.892. The van der Waals surface area contributed by atoms with E-state index in [9.17, 15) is 4.79 Å². The average Bonchev–Trinajstić information content (AvgIpc) is 2.45. The highest BCUT2D eigenvalue weighted by Crippen LogP contribution is 2.25. The smallest absolute Gasteiger partial charge is 0.407 e. The molecule has 2 rings (SSSR count). The fourth-order valence-electron chi connectivity index (χ4n) is 2.60. The maximum atomic E-state index is 11.7. The van der Waals surface area contributed by atoms with Crippen molar-refractivity contribution in [3.63, 3.8) is 0 Å². The second kappa shape index (κ2) is 8.39. The zero-order valence-electron chi connectivity index (χ0n) is 13.6. The SMILES string of the molecule is CC(C)(C)OC(=O)NCc1cccc(C2CCNCC2)c1.Cl. The van der Waals surface area contributed by atoms with Gasteiger partial charge < -0.3 is 15.4 Å². The van der Waals surface area contributed by atoms with Crippen molar-refractivity contribution in [2.75, 3.05) is 13.1 Å². The lowest BCUT2D eigenvalue weighted by Gasteiger charge is -2.23. The first-order valence-electron chi connectivity index (χ1n) is 7.70. The van der Waals surface area contributed by atoms with Crippen LogP contribution in [0, 0.1) is 0 Å². The summed E-state index contributed by atoms with van der Waals surface area (Å²) in [5, 5.41) is 6.20. The largest absolute Gasteiger partial charge is 0.444 e. The number of alkyl carbamates (subject to hydrolysis) is 1. The van der Waals surface area contributed by atoms with Crippen LogP contribution in [0.25, 0.3) is 0 Å². The minimum Gasteiger partial charge on any atom is -0.444 e. The standard InChI is InChI=1S/C17H26N2O2.ClH/c1-17(2,3)21-16(20)19-12-13-5-4-6-15(11-13)14-7-9-18-10-8-14;/h4-6,11,14,18H,7-10,12H2,1-3H3,(H,19,20);1H. The molecule has 0 aromatic heterocycles. The number of halogens is 1. The van der Waals surface area contributed by atoms with Crippen molar-refractivity contribution in [1.29, 1.82) is 0 Å². The minimum absolute atomic E-state index is 0. The highest BCUT2D eigenvalue weighted by molar-refractivity contribution is 5.85. The van der Waals surface area contributed by atoms with Crippen molar-refractivity contribution < 1.29 is 9.53 Å². The van der Waals surface area contributed by atoms with Gasteiger partial charge in [-0.1, -0.05) is 24.3 Å². The van der Waals surface area contributed by atoms with Crippen molar-refractivity contribution in [1.82, 2.24) is 10.6 Å². The second-order valence-electron chi connectivity index (χ2n) is 6.62. The van der Waals surface area contributed by atoms with Crippen LogP contribution in [0.3, 0.4) is 0 Å². The molecule has 1 aliphatic rings. The van der Waals surface area contributed by atoms with Crippen LogP contribution in [0.4, 0.5) is 4.79 Å². The number of nitrogens with one attached hydrogen (secondary N) is 2. The summed E-state index contributed by atoms with van der Waals surface area (Å²) in [6.45, 7) is 8.28. The predicted octanol–water partition coefficient (Wildman–Crippen LogP) is 3.60. The van der Waals surface area contributed by atoms with Crippen LogP contribution in [0.5, 0.6) is 0 Å². The highest BCUT2D eigenvalue weighted by Gasteiger charge is 2.17. The number of ether oxygens (including phenoxy) is 1. The monoisotopic (exact) mass is 326 g/mol. The zero-order chi connectivity index (χ0) is 15.3. The third kappa shape index (κ3) is 6.24. The van der Waals surface area contributed by atoms with Gasteiger partial charge in [0.15, 0.2) is 0 Å². The van der Waals surface area contributed by atoms with E-state index in [0.29, 0.717) is 12.5 Å². The van der Waals surface area contributed by atoms with Gasteiger partial charge in [-0.15, -0.1) is 12.4 Å². The van der Waals surface area contributed by atoms with Crippen LogP contribution in [-0.2, 0) is 11.3 Å². The van der Waals surface area contributed by atoms with Gasteiger partial charge >= 0.3 is 6.09 Å². The molecule has 1 amide bonds. The Morgan fingerprint density at radius 1 is 1.32 bits per heavy atom. The summed E-state index contributed by atoms with van der Waals surface area (Å²) in [6, 6.07) is 8.51. The third-order valence-corrected chi connectivity index (χ3v) is 3.60. The van der Waals surface area contributed by atoms with E-state index < -0.39 is 5.60 Å². The molecule has 0 spiro atoms. The van der Waals surface area contributed by atoms with Gasteiger partial charge in [-0.25, -0.2) is 4.79 Å². The normalized spacial score (nSPS) is 15.8. The molecular weight excluding hydrogens is 300 g/mol. The van der Waals surface area contributed by atoms with Crippen molar-refractivity contribution >= 4 is 18.5 Å². The molecule has 1 aliphatic heterocycles. The molecular formula is C17H27ClN2O2. The molecule has 0 saturated carbocycles. The minimum atomic E-state index is -0.457. The fourth-order valence-corrected chi connectivity index (χ4v) is 2.60. The number of piperidine rings is 1. The highest BCUT2D eigenvalue weighted by atomic mass is 35.5. The van der Waals surface area contributed by atoms with Crippen LogP contribution < -0.4 is 10.6 Å². The van der Waals surface area contributed by atoms with E-state index in [1.165, 1.54) is 18.4 Å². The zero-order valence-corrected chi connectivity index (χ0v) is 14.5. The summed E-state index contributed by atoms with van der Waals surface area (Å²) in [6.07, 6.45) is 2.00. The van der Waals surface area contributed by atoms with Gasteiger partial charge in [0.05, 0.1) is 0 Å². The summed E-state index contributed by atoms with van der Waals surface area (Å²) < 4.78 is 5.25. The Morgan fingerprint density at radius 3 is 2.64 bits per heavy atom. The van der Waals surface area contributed by atoms with Crippen LogP contribution in [0.15, 0.2) is 24.3 Å². The average molecular weight is 327 g/mol. The molecule has 0 radical (unpaired) electrons. The van der Waals surface area contributed by atoms with Gasteiger partial charge in [0.25, 0.3) is 0 Å². The van der Waals surface area contributed by atoms with E-state index in [2.05, 4.69) is 28.8 Å². The lowest BCUT2D eigenvalue weighted by molar-refractivity contribution is 0.0523. The van der Waals surface area contributed by atoms with E-state index >= 15 is 0 Å². The fraction of sp³-hybridized carbons (Fsp3) is 0.588. The van der Waals surface area contributed by atoms with Crippen LogP contribution in [0.2, 0.25) is 0 Å². The van der Waals surface area contributed by atoms with Crippen molar-refractivity contribution in [3.8, 4) is 0 Å². The summed E-state index contributed by atoms with van der Waals surface area (Å²) >= 11 is 0. The maximum Gasteiger partial charge on any atom is 0.407 e. The molecule has 0 atom stereocenters. The second-order valence-corrected chi connectivity index (χ2v) is 6.62. The first kappa shape index (κ1) is 18.8. The lowest BCUT2D eigenvalue weighted by Crippen LogP contribution is -2.32. The summed E-state index contributed by atoms with van der Waals surface area (Å²) in [4.78, 5) is 11.7. The molecule has 0 aliphatic carbocycles. The van der Waals surface area contributed by atoms with Gasteiger partial charge in [-0.2, -0.15) is 0 Å². The van der Waals surface area contributed by atoms with Gasteiger partial charge in [-0.3, -0.25) is 0 Å². The number of carbonyl (C=O) groups excluding carboxylic acids is 1. The molecule has 2 N–H and O–H groups in total. The molecule has 1 aromatic carbocycles. The van der Waals surface area contributed by atoms with Crippen molar-refractivity contribution in [2.24, 2.45) is 0 Å². The van der Waals surface area contributed by atoms with Gasteiger partial charge in [0, 0.05) is 6.54 Å². The Labute approximate surface area is 139 Å². The van der Waals surface area contributed by atoms with Crippen molar-refractivity contribution in [2.45, 2.75) is 51.7 Å². The Hall–Kier alpha value is -1.26. The number of benzene rings is 1. The molecule has 1 saturated heterocycles. The summed E-state index contributed by atoms with van der Waals surface area (Å²) in [7, 11) is 0.